The molecule has 0 saturated heterocycles. The molecule has 3 unspecified atom stereocenters. The Labute approximate surface area is 161 Å². The molecular weight excluding hydrogens is 318 g/mol. The molecule has 0 aliphatic heterocycles. The molecule has 3 rings (SSSR count). The minimum absolute atomic E-state index is 0.412. The summed E-state index contributed by atoms with van der Waals surface area (Å²) in [5, 5.41) is 3.77. The molecule has 26 heavy (non-hydrogen) atoms. The summed E-state index contributed by atoms with van der Waals surface area (Å²) in [6.07, 6.45) is 15.4. The zero-order valence-electron chi connectivity index (χ0n) is 17.0. The summed E-state index contributed by atoms with van der Waals surface area (Å²) in [7, 11) is 0. The van der Waals surface area contributed by atoms with Crippen molar-refractivity contribution in [3.05, 3.63) is 29.8 Å². The Balaban J connectivity index is 1.53. The van der Waals surface area contributed by atoms with Crippen molar-refractivity contribution < 1.29 is 4.74 Å². The second-order valence-corrected chi connectivity index (χ2v) is 8.74. The van der Waals surface area contributed by atoms with E-state index in [0.29, 0.717) is 12.1 Å². The van der Waals surface area contributed by atoms with E-state index in [2.05, 4.69) is 43.4 Å². The van der Waals surface area contributed by atoms with Crippen molar-refractivity contribution in [3.8, 4) is 5.75 Å². The van der Waals surface area contributed by atoms with Crippen molar-refractivity contribution >= 4 is 0 Å². The molecule has 1 aromatic carbocycles. The van der Waals surface area contributed by atoms with E-state index in [1.807, 2.05) is 0 Å². The number of rotatable bonds is 8. The average molecular weight is 358 g/mol. The van der Waals surface area contributed by atoms with Crippen molar-refractivity contribution in [3.63, 3.8) is 0 Å². The molecule has 2 fully saturated rings. The lowest BCUT2D eigenvalue weighted by molar-refractivity contribution is 0.0892. The van der Waals surface area contributed by atoms with E-state index in [4.69, 9.17) is 4.74 Å². The van der Waals surface area contributed by atoms with Gasteiger partial charge in [-0.15, -0.1) is 0 Å². The lowest BCUT2D eigenvalue weighted by atomic mass is 9.84. The van der Waals surface area contributed by atoms with Crippen LogP contribution in [0, 0.1) is 11.8 Å². The summed E-state index contributed by atoms with van der Waals surface area (Å²) in [6.45, 7) is 5.59. The third-order valence-electron chi connectivity index (χ3n) is 6.67. The molecule has 2 heteroatoms. The zero-order valence-corrected chi connectivity index (χ0v) is 17.0. The van der Waals surface area contributed by atoms with Crippen LogP contribution in [0.4, 0.5) is 0 Å². The standard InChI is InChI=1S/C24H39NO/c1-3-21-13-7-9-15-23(21)26-24-16-10-8-14-22(24)18-25-19(2)17-20-11-5-4-6-12-20/h8,10,14,16,19-21,23,25H,3-7,9,11-13,15,17-18H2,1-2H3. The fraction of sp³-hybridized carbons (Fsp3) is 0.750. The normalized spacial score (nSPS) is 25.8. The highest BCUT2D eigenvalue weighted by Gasteiger charge is 2.26. The number of ether oxygens (including phenoxy) is 1. The SMILES string of the molecule is CCC1CCCCC1Oc1ccccc1CNC(C)CC1CCCCC1. The van der Waals surface area contributed by atoms with Gasteiger partial charge in [0.05, 0.1) is 0 Å². The molecule has 1 N–H and O–H groups in total. The van der Waals surface area contributed by atoms with E-state index in [9.17, 15) is 0 Å². The van der Waals surface area contributed by atoms with E-state index in [-0.39, 0.29) is 0 Å². The molecule has 2 nitrogen and oxygen atoms in total. The van der Waals surface area contributed by atoms with Gasteiger partial charge in [-0.1, -0.05) is 63.6 Å². The molecule has 2 aliphatic carbocycles. The maximum atomic E-state index is 6.53. The van der Waals surface area contributed by atoms with Crippen LogP contribution in [0.2, 0.25) is 0 Å². The number of para-hydroxylation sites is 1. The summed E-state index contributed by atoms with van der Waals surface area (Å²) in [6, 6.07) is 9.26. The van der Waals surface area contributed by atoms with Crippen LogP contribution < -0.4 is 10.1 Å². The number of hydrogen-bond acceptors (Lipinski definition) is 2. The lowest BCUT2D eigenvalue weighted by Crippen LogP contribution is -2.31. The number of nitrogens with one attached hydrogen (secondary N) is 1. The van der Waals surface area contributed by atoms with Crippen LogP contribution in [0.5, 0.6) is 5.75 Å². The highest BCUT2D eigenvalue weighted by atomic mass is 16.5. The molecule has 0 aromatic heterocycles. The maximum absolute atomic E-state index is 6.53. The van der Waals surface area contributed by atoms with Crippen LogP contribution in [-0.2, 0) is 6.54 Å². The third kappa shape index (κ3) is 5.74. The summed E-state index contributed by atoms with van der Waals surface area (Å²) in [5.74, 6) is 2.77. The molecule has 0 spiro atoms. The van der Waals surface area contributed by atoms with Crippen LogP contribution in [-0.4, -0.2) is 12.1 Å². The summed E-state index contributed by atoms with van der Waals surface area (Å²) >= 11 is 0. The molecule has 146 valence electrons. The van der Waals surface area contributed by atoms with Crippen molar-refractivity contribution in [1.82, 2.24) is 5.32 Å². The van der Waals surface area contributed by atoms with Crippen LogP contribution >= 0.6 is 0 Å². The monoisotopic (exact) mass is 357 g/mol. The first kappa shape index (κ1) is 19.7. The Morgan fingerprint density at radius 2 is 1.73 bits per heavy atom. The molecular formula is C24H39NO. The van der Waals surface area contributed by atoms with Gasteiger partial charge < -0.3 is 10.1 Å². The molecule has 3 atom stereocenters. The molecule has 0 heterocycles. The summed E-state index contributed by atoms with van der Waals surface area (Å²) < 4.78 is 6.53. The highest BCUT2D eigenvalue weighted by molar-refractivity contribution is 5.33. The molecule has 0 amide bonds. The van der Waals surface area contributed by atoms with Gasteiger partial charge in [-0.3, -0.25) is 0 Å². The quantitative estimate of drug-likeness (QED) is 0.574. The average Bonchev–Trinajstić information content (AvgIpc) is 2.68. The first-order valence-electron chi connectivity index (χ1n) is 11.2. The molecule has 2 saturated carbocycles. The molecule has 1 aromatic rings. The van der Waals surface area contributed by atoms with Crippen molar-refractivity contribution in [2.45, 2.75) is 103 Å². The van der Waals surface area contributed by atoms with Crippen molar-refractivity contribution in [1.29, 1.82) is 0 Å². The van der Waals surface area contributed by atoms with Gasteiger partial charge in [0.2, 0.25) is 0 Å². The van der Waals surface area contributed by atoms with Gasteiger partial charge in [0.25, 0.3) is 0 Å². The van der Waals surface area contributed by atoms with Crippen LogP contribution in [0.1, 0.15) is 90.0 Å². The van der Waals surface area contributed by atoms with Gasteiger partial charge in [-0.25, -0.2) is 0 Å². The molecule has 0 radical (unpaired) electrons. The molecule has 0 bridgehead atoms. The van der Waals surface area contributed by atoms with E-state index in [0.717, 1.165) is 24.1 Å². The van der Waals surface area contributed by atoms with Crippen molar-refractivity contribution in [2.24, 2.45) is 11.8 Å². The second-order valence-electron chi connectivity index (χ2n) is 8.74. The number of hydrogen-bond donors (Lipinski definition) is 1. The topological polar surface area (TPSA) is 21.3 Å². The van der Waals surface area contributed by atoms with Crippen LogP contribution in [0.15, 0.2) is 24.3 Å². The summed E-state index contributed by atoms with van der Waals surface area (Å²) in [4.78, 5) is 0. The largest absolute Gasteiger partial charge is 0.490 e. The minimum atomic E-state index is 0.412. The predicted molar refractivity (Wildman–Crippen MR) is 111 cm³/mol. The Morgan fingerprint density at radius 1 is 1.00 bits per heavy atom. The van der Waals surface area contributed by atoms with Gasteiger partial charge in [0.1, 0.15) is 11.9 Å². The Bertz CT molecular complexity index is 523. The minimum Gasteiger partial charge on any atom is -0.490 e. The van der Waals surface area contributed by atoms with E-state index >= 15 is 0 Å². The fourth-order valence-corrected chi connectivity index (χ4v) is 5.01. The maximum Gasteiger partial charge on any atom is 0.124 e. The van der Waals surface area contributed by atoms with Gasteiger partial charge >= 0.3 is 0 Å². The van der Waals surface area contributed by atoms with Gasteiger partial charge in [0, 0.05) is 18.2 Å². The van der Waals surface area contributed by atoms with Crippen LogP contribution in [0.3, 0.4) is 0 Å². The van der Waals surface area contributed by atoms with Gasteiger partial charge in [0.15, 0.2) is 0 Å². The predicted octanol–water partition coefficient (Wildman–Crippen LogP) is 6.48. The Kier molecular flexibility index (Phi) is 7.85. The van der Waals surface area contributed by atoms with E-state index in [1.165, 1.54) is 76.2 Å². The first-order chi connectivity index (χ1) is 12.8. The zero-order chi connectivity index (χ0) is 18.2. The van der Waals surface area contributed by atoms with Crippen LogP contribution in [0.25, 0.3) is 0 Å². The number of benzene rings is 1. The fourth-order valence-electron chi connectivity index (χ4n) is 5.01. The van der Waals surface area contributed by atoms with Gasteiger partial charge in [-0.2, -0.15) is 0 Å². The molecule has 2 aliphatic rings. The van der Waals surface area contributed by atoms with E-state index in [1.54, 1.807) is 0 Å². The van der Waals surface area contributed by atoms with E-state index < -0.39 is 0 Å². The van der Waals surface area contributed by atoms with Crippen molar-refractivity contribution in [2.75, 3.05) is 0 Å². The Hall–Kier alpha value is -1.02. The first-order valence-corrected chi connectivity index (χ1v) is 11.2. The lowest BCUT2D eigenvalue weighted by Gasteiger charge is -2.32. The highest BCUT2D eigenvalue weighted by Crippen LogP contribution is 2.32. The summed E-state index contributed by atoms with van der Waals surface area (Å²) in [5.41, 5.74) is 1.32. The smallest absolute Gasteiger partial charge is 0.124 e. The Morgan fingerprint density at radius 3 is 2.54 bits per heavy atom. The van der Waals surface area contributed by atoms with Gasteiger partial charge in [-0.05, 0) is 56.9 Å². The third-order valence-corrected chi connectivity index (χ3v) is 6.67. The second kappa shape index (κ2) is 10.3.